The van der Waals surface area contributed by atoms with E-state index in [0.717, 1.165) is 43.2 Å². The molecular formula is C15H26N2OS2. The molecule has 1 aliphatic rings. The van der Waals surface area contributed by atoms with Gasteiger partial charge in [0, 0.05) is 37.6 Å². The fourth-order valence-electron chi connectivity index (χ4n) is 2.51. The van der Waals surface area contributed by atoms with Crippen LogP contribution in [0.4, 0.5) is 0 Å². The maximum absolute atomic E-state index is 10.3. The van der Waals surface area contributed by atoms with E-state index in [9.17, 15) is 5.11 Å². The number of nitrogens with zero attached hydrogens (tertiary/aromatic N) is 2. The van der Waals surface area contributed by atoms with Gasteiger partial charge in [-0.1, -0.05) is 13.8 Å². The van der Waals surface area contributed by atoms with E-state index in [1.807, 2.05) is 11.8 Å². The molecule has 0 spiro atoms. The molecule has 0 amide bonds. The van der Waals surface area contributed by atoms with Crippen molar-refractivity contribution in [2.45, 2.75) is 30.6 Å². The third kappa shape index (κ3) is 4.74. The normalized spacial score (nSPS) is 19.4. The summed E-state index contributed by atoms with van der Waals surface area (Å²) in [5.74, 6) is 1.09. The van der Waals surface area contributed by atoms with Gasteiger partial charge in [0.15, 0.2) is 0 Å². The van der Waals surface area contributed by atoms with Crippen molar-refractivity contribution in [2.75, 3.05) is 45.0 Å². The molecule has 0 aromatic carbocycles. The molecule has 1 aromatic rings. The molecule has 0 saturated carbocycles. The lowest BCUT2D eigenvalue weighted by Gasteiger charge is -2.34. The van der Waals surface area contributed by atoms with Crippen molar-refractivity contribution in [1.29, 1.82) is 0 Å². The highest BCUT2D eigenvalue weighted by molar-refractivity contribution is 8.01. The first-order chi connectivity index (χ1) is 9.72. The van der Waals surface area contributed by atoms with E-state index in [1.54, 1.807) is 11.3 Å². The maximum Gasteiger partial charge on any atom is 0.0894 e. The molecule has 1 atom stereocenters. The summed E-state index contributed by atoms with van der Waals surface area (Å²) >= 11 is 3.60. The fourth-order valence-corrected chi connectivity index (χ4v) is 4.59. The van der Waals surface area contributed by atoms with Gasteiger partial charge in [0.2, 0.25) is 0 Å². The van der Waals surface area contributed by atoms with Gasteiger partial charge in [-0.15, -0.1) is 23.1 Å². The number of hydrogen-bond donors (Lipinski definition) is 1. The zero-order valence-corrected chi connectivity index (χ0v) is 14.2. The van der Waals surface area contributed by atoms with E-state index in [2.05, 4.69) is 35.8 Å². The van der Waals surface area contributed by atoms with Crippen LogP contribution in [0.2, 0.25) is 0 Å². The van der Waals surface area contributed by atoms with Crippen LogP contribution < -0.4 is 0 Å². The third-order valence-corrected chi connectivity index (χ3v) is 6.14. The van der Waals surface area contributed by atoms with Gasteiger partial charge in [-0.2, -0.15) is 0 Å². The van der Waals surface area contributed by atoms with Crippen molar-refractivity contribution in [3.05, 3.63) is 17.0 Å². The second-order valence-corrected chi connectivity index (χ2v) is 7.85. The van der Waals surface area contributed by atoms with E-state index in [-0.39, 0.29) is 6.10 Å². The van der Waals surface area contributed by atoms with Crippen LogP contribution in [-0.2, 0) is 0 Å². The van der Waals surface area contributed by atoms with E-state index >= 15 is 0 Å². The van der Waals surface area contributed by atoms with Crippen LogP contribution in [0, 0.1) is 0 Å². The SMILES string of the molecule is CCSc1ccc(C(O)CCN2CCN(CC)CC2)s1. The Morgan fingerprint density at radius 1 is 1.20 bits per heavy atom. The van der Waals surface area contributed by atoms with Crippen molar-refractivity contribution in [3.63, 3.8) is 0 Å². The topological polar surface area (TPSA) is 26.7 Å². The molecule has 0 radical (unpaired) electrons. The quantitative estimate of drug-likeness (QED) is 0.783. The molecule has 3 nitrogen and oxygen atoms in total. The zero-order valence-electron chi connectivity index (χ0n) is 12.5. The Labute approximate surface area is 131 Å². The predicted molar refractivity (Wildman–Crippen MR) is 88.8 cm³/mol. The summed E-state index contributed by atoms with van der Waals surface area (Å²) in [5.41, 5.74) is 0. The molecule has 1 saturated heterocycles. The summed E-state index contributed by atoms with van der Waals surface area (Å²) in [5, 5.41) is 10.3. The average molecular weight is 315 g/mol. The van der Waals surface area contributed by atoms with Gasteiger partial charge in [-0.3, -0.25) is 0 Å². The largest absolute Gasteiger partial charge is 0.388 e. The Morgan fingerprint density at radius 2 is 1.90 bits per heavy atom. The monoisotopic (exact) mass is 314 g/mol. The first-order valence-corrected chi connectivity index (χ1v) is 9.38. The number of aliphatic hydroxyl groups is 1. The number of hydrogen-bond acceptors (Lipinski definition) is 5. The minimum atomic E-state index is -0.296. The van der Waals surface area contributed by atoms with Crippen LogP contribution in [0.1, 0.15) is 31.2 Å². The van der Waals surface area contributed by atoms with Crippen LogP contribution in [0.25, 0.3) is 0 Å². The Balaban J connectivity index is 1.73. The lowest BCUT2D eigenvalue weighted by Crippen LogP contribution is -2.46. The zero-order chi connectivity index (χ0) is 14.4. The van der Waals surface area contributed by atoms with Crippen molar-refractivity contribution in [1.82, 2.24) is 9.80 Å². The first-order valence-electron chi connectivity index (χ1n) is 7.58. The maximum atomic E-state index is 10.3. The lowest BCUT2D eigenvalue weighted by atomic mass is 10.2. The van der Waals surface area contributed by atoms with Gasteiger partial charge in [-0.25, -0.2) is 0 Å². The summed E-state index contributed by atoms with van der Waals surface area (Å²) in [6.45, 7) is 11.2. The predicted octanol–water partition coefficient (Wildman–Crippen LogP) is 2.92. The second-order valence-electron chi connectivity index (χ2n) is 5.17. The number of rotatable bonds is 7. The Kier molecular flexibility index (Phi) is 6.84. The van der Waals surface area contributed by atoms with Crippen LogP contribution in [0.3, 0.4) is 0 Å². The number of thiophene rings is 1. The van der Waals surface area contributed by atoms with E-state index < -0.39 is 0 Å². The molecule has 1 fully saturated rings. The standard InChI is InChI=1S/C15H26N2OS2/c1-3-16-9-11-17(12-10-16)8-7-13(18)14-5-6-15(20-14)19-4-2/h5-6,13,18H,3-4,7-12H2,1-2H3. The summed E-state index contributed by atoms with van der Waals surface area (Å²) < 4.78 is 1.32. The minimum Gasteiger partial charge on any atom is -0.388 e. The van der Waals surface area contributed by atoms with Crippen molar-refractivity contribution in [3.8, 4) is 0 Å². The highest BCUT2D eigenvalue weighted by Crippen LogP contribution is 2.31. The Hall–Kier alpha value is -0.0700. The van der Waals surface area contributed by atoms with Gasteiger partial charge in [-0.05, 0) is 30.9 Å². The number of aliphatic hydroxyl groups excluding tert-OH is 1. The second kappa shape index (κ2) is 8.39. The molecule has 114 valence electrons. The fraction of sp³-hybridized carbons (Fsp3) is 0.733. The Morgan fingerprint density at radius 3 is 2.55 bits per heavy atom. The van der Waals surface area contributed by atoms with Crippen LogP contribution in [0.15, 0.2) is 16.3 Å². The summed E-state index contributed by atoms with van der Waals surface area (Å²) in [4.78, 5) is 6.08. The van der Waals surface area contributed by atoms with Crippen LogP contribution >= 0.6 is 23.1 Å². The van der Waals surface area contributed by atoms with Crippen LogP contribution in [-0.4, -0.2) is 59.9 Å². The molecule has 1 aliphatic heterocycles. The molecule has 1 unspecified atom stereocenters. The van der Waals surface area contributed by atoms with Crippen LogP contribution in [0.5, 0.6) is 0 Å². The summed E-state index contributed by atoms with van der Waals surface area (Å²) in [6, 6.07) is 4.22. The lowest BCUT2D eigenvalue weighted by molar-refractivity contribution is 0.106. The van der Waals surface area contributed by atoms with Gasteiger partial charge in [0.1, 0.15) is 0 Å². The molecular weight excluding hydrogens is 288 g/mol. The molecule has 20 heavy (non-hydrogen) atoms. The van der Waals surface area contributed by atoms with Crippen molar-refractivity contribution >= 4 is 23.1 Å². The summed E-state index contributed by atoms with van der Waals surface area (Å²) in [7, 11) is 0. The van der Waals surface area contributed by atoms with Crippen molar-refractivity contribution in [2.24, 2.45) is 0 Å². The highest BCUT2D eigenvalue weighted by Gasteiger charge is 2.17. The smallest absolute Gasteiger partial charge is 0.0894 e. The average Bonchev–Trinajstić information content (AvgIpc) is 2.94. The molecule has 0 aliphatic carbocycles. The number of piperazine rings is 1. The third-order valence-electron chi connectivity index (χ3n) is 3.85. The first kappa shape index (κ1) is 16.3. The molecule has 2 rings (SSSR count). The Bertz CT molecular complexity index is 389. The van der Waals surface area contributed by atoms with Gasteiger partial charge >= 0.3 is 0 Å². The molecule has 1 N–H and O–H groups in total. The number of thioether (sulfide) groups is 1. The molecule has 5 heteroatoms. The molecule has 2 heterocycles. The van der Waals surface area contributed by atoms with Gasteiger partial charge in [0.25, 0.3) is 0 Å². The van der Waals surface area contributed by atoms with Crippen molar-refractivity contribution < 1.29 is 5.11 Å². The summed E-state index contributed by atoms with van der Waals surface area (Å²) in [6.07, 6.45) is 0.554. The highest BCUT2D eigenvalue weighted by atomic mass is 32.2. The molecule has 1 aromatic heterocycles. The van der Waals surface area contributed by atoms with Gasteiger partial charge in [0.05, 0.1) is 10.3 Å². The van der Waals surface area contributed by atoms with E-state index in [0.29, 0.717) is 0 Å². The van der Waals surface area contributed by atoms with E-state index in [1.165, 1.54) is 17.3 Å². The number of likely N-dealkylation sites (N-methyl/N-ethyl adjacent to an activating group) is 1. The van der Waals surface area contributed by atoms with Gasteiger partial charge < -0.3 is 14.9 Å². The van der Waals surface area contributed by atoms with E-state index in [4.69, 9.17) is 0 Å². The molecule has 0 bridgehead atoms. The minimum absolute atomic E-state index is 0.296.